The van der Waals surface area contributed by atoms with Gasteiger partial charge in [0.15, 0.2) is 0 Å². The summed E-state index contributed by atoms with van der Waals surface area (Å²) in [6, 6.07) is 36.2. The Morgan fingerprint density at radius 1 is 0.444 bits per heavy atom. The first-order valence-corrected chi connectivity index (χ1v) is 15.3. The van der Waals surface area contributed by atoms with Crippen molar-refractivity contribution in [2.75, 3.05) is 0 Å². The Kier molecular flexibility index (Phi) is 6.42. The summed E-state index contributed by atoms with van der Waals surface area (Å²) in [5.74, 6) is 0. The summed E-state index contributed by atoms with van der Waals surface area (Å²) in [6.07, 6.45) is 8.51. The first-order valence-electron chi connectivity index (χ1n) is 15.3. The lowest BCUT2D eigenvalue weighted by Crippen LogP contribution is -1.94. The van der Waals surface area contributed by atoms with E-state index in [9.17, 15) is 0 Å². The minimum atomic E-state index is 0.902. The Labute approximate surface area is 262 Å². The van der Waals surface area contributed by atoms with Crippen LogP contribution in [0.1, 0.15) is 39.5 Å². The molecule has 0 saturated heterocycles. The van der Waals surface area contributed by atoms with Gasteiger partial charge in [0.1, 0.15) is 0 Å². The van der Waals surface area contributed by atoms with Crippen LogP contribution in [-0.2, 0) is 0 Å². The molecule has 216 valence electrons. The summed E-state index contributed by atoms with van der Waals surface area (Å²) in [4.78, 5) is 18.0. The lowest BCUT2D eigenvalue weighted by Gasteiger charge is -2.13. The maximum Gasteiger partial charge on any atom is 0.0737 e. The van der Waals surface area contributed by atoms with Gasteiger partial charge in [-0.3, -0.25) is 0 Å². The van der Waals surface area contributed by atoms with Gasteiger partial charge in [-0.15, -0.1) is 0 Å². The summed E-state index contributed by atoms with van der Waals surface area (Å²) in [7, 11) is 0. The van der Waals surface area contributed by atoms with E-state index in [1.807, 2.05) is 12.1 Å². The van der Waals surface area contributed by atoms with Crippen molar-refractivity contribution in [3.63, 3.8) is 0 Å². The van der Waals surface area contributed by atoms with Gasteiger partial charge in [-0.05, 0) is 103 Å². The molecule has 0 unspecified atom stereocenters. The minimum absolute atomic E-state index is 0.902. The first kappa shape index (κ1) is 26.9. The molecule has 2 aliphatic rings. The molecule has 6 aromatic rings. The molecule has 0 fully saturated rings. The molecule has 8 bridgehead atoms. The maximum atomic E-state index is 5.37. The van der Waals surface area contributed by atoms with Crippen molar-refractivity contribution < 1.29 is 0 Å². The van der Waals surface area contributed by atoms with E-state index in [1.54, 1.807) is 0 Å². The number of aromatic amines is 2. The van der Waals surface area contributed by atoms with Crippen LogP contribution in [0.2, 0.25) is 0 Å². The monoisotopic (exact) mass is 580 g/mol. The third-order valence-corrected chi connectivity index (χ3v) is 8.63. The van der Waals surface area contributed by atoms with E-state index >= 15 is 0 Å². The van der Waals surface area contributed by atoms with E-state index in [0.717, 1.165) is 72.7 Å². The Morgan fingerprint density at radius 2 is 0.956 bits per heavy atom. The second-order valence-corrected chi connectivity index (χ2v) is 11.9. The molecule has 2 N–H and O–H groups in total. The van der Waals surface area contributed by atoms with Crippen LogP contribution in [0.4, 0.5) is 0 Å². The molecule has 8 rings (SSSR count). The van der Waals surface area contributed by atoms with Crippen molar-refractivity contribution in [1.29, 1.82) is 0 Å². The Hall–Kier alpha value is -5.74. The fourth-order valence-corrected chi connectivity index (χ4v) is 6.79. The summed E-state index contributed by atoms with van der Waals surface area (Å²) in [6.45, 7) is 6.55. The highest BCUT2D eigenvalue weighted by Gasteiger charge is 2.19. The number of aromatic nitrogens is 4. The third-order valence-electron chi connectivity index (χ3n) is 8.63. The van der Waals surface area contributed by atoms with Crippen molar-refractivity contribution >= 4 is 46.4 Å². The second-order valence-electron chi connectivity index (χ2n) is 11.9. The fraction of sp³-hybridized carbons (Fsp3) is 0.0732. The zero-order valence-electron chi connectivity index (χ0n) is 25.5. The Balaban J connectivity index is 1.57. The molecule has 0 amide bonds. The van der Waals surface area contributed by atoms with Crippen LogP contribution in [0.15, 0.2) is 103 Å². The highest BCUT2D eigenvalue weighted by atomic mass is 14.8. The number of fused-ring (bicyclic) bond motifs is 8. The number of aryl methyl sites for hydroxylation is 3. The van der Waals surface area contributed by atoms with E-state index < -0.39 is 0 Å². The molecule has 4 nitrogen and oxygen atoms in total. The summed E-state index contributed by atoms with van der Waals surface area (Å²) < 4.78 is 0. The molecule has 0 saturated carbocycles. The predicted octanol–water partition coefficient (Wildman–Crippen LogP) is 10.6. The lowest BCUT2D eigenvalue weighted by atomic mass is 9.92. The number of nitrogens with zero attached hydrogens (tertiary/aromatic N) is 2. The standard InChI is InChI=1S/C41H32N4/c1-25-22-26(2)38(27(3)23-25)41-36-20-18-34(44-36)39(28-10-6-4-7-11-28)32-16-14-30(42-32)24-31-15-17-33(43-31)40(29-12-8-5-9-13-29)35-19-21-37(41)45-35/h4-24,42,45H,1-3H3. The van der Waals surface area contributed by atoms with Crippen LogP contribution in [-0.4, -0.2) is 19.9 Å². The van der Waals surface area contributed by atoms with Crippen molar-refractivity contribution in [3.8, 4) is 33.4 Å². The predicted molar refractivity (Wildman–Crippen MR) is 189 cm³/mol. The van der Waals surface area contributed by atoms with Crippen LogP contribution < -0.4 is 0 Å². The van der Waals surface area contributed by atoms with Gasteiger partial charge in [0.05, 0.1) is 22.8 Å². The highest BCUT2D eigenvalue weighted by Crippen LogP contribution is 2.38. The Morgan fingerprint density at radius 3 is 1.60 bits per heavy atom. The van der Waals surface area contributed by atoms with Crippen LogP contribution >= 0.6 is 0 Å². The van der Waals surface area contributed by atoms with Crippen molar-refractivity contribution in [3.05, 3.63) is 143 Å². The largest absolute Gasteiger partial charge is 0.355 e. The first-order chi connectivity index (χ1) is 22.0. The third kappa shape index (κ3) is 4.81. The number of H-pyrrole nitrogens is 2. The number of nitrogens with one attached hydrogen (secondary N) is 2. The van der Waals surface area contributed by atoms with E-state index in [1.165, 1.54) is 22.3 Å². The summed E-state index contributed by atoms with van der Waals surface area (Å²) in [5, 5.41) is 0. The molecule has 45 heavy (non-hydrogen) atoms. The van der Waals surface area contributed by atoms with Crippen molar-refractivity contribution in [2.24, 2.45) is 0 Å². The number of benzene rings is 3. The van der Waals surface area contributed by atoms with Crippen molar-refractivity contribution in [2.45, 2.75) is 20.8 Å². The minimum Gasteiger partial charge on any atom is -0.355 e. The van der Waals surface area contributed by atoms with Gasteiger partial charge in [-0.2, -0.15) is 0 Å². The number of hydrogen-bond acceptors (Lipinski definition) is 2. The van der Waals surface area contributed by atoms with E-state index in [0.29, 0.717) is 0 Å². The molecule has 5 heterocycles. The van der Waals surface area contributed by atoms with Gasteiger partial charge in [0.2, 0.25) is 0 Å². The van der Waals surface area contributed by atoms with Crippen LogP contribution in [0.25, 0.3) is 79.8 Å². The van der Waals surface area contributed by atoms with Gasteiger partial charge in [-0.1, -0.05) is 78.4 Å². The SMILES string of the molecule is Cc1cc(C)c(-c2c3nc(c(-c4ccccc4)c4ccc(cc5nc(c(-c6ccccc6)c6ccc2[nH]6)C=C5)[nH]4)C=C3)c(C)c1. The van der Waals surface area contributed by atoms with Crippen LogP contribution in [0.5, 0.6) is 0 Å². The quantitative estimate of drug-likeness (QED) is 0.218. The van der Waals surface area contributed by atoms with Gasteiger partial charge in [-0.25, -0.2) is 9.97 Å². The average molecular weight is 581 g/mol. The Bertz CT molecular complexity index is 2270. The zero-order valence-corrected chi connectivity index (χ0v) is 25.5. The van der Waals surface area contributed by atoms with Crippen LogP contribution in [0.3, 0.4) is 0 Å². The van der Waals surface area contributed by atoms with E-state index in [2.05, 4.69) is 146 Å². The van der Waals surface area contributed by atoms with Gasteiger partial charge < -0.3 is 9.97 Å². The maximum absolute atomic E-state index is 5.37. The van der Waals surface area contributed by atoms with E-state index in [-0.39, 0.29) is 0 Å². The highest BCUT2D eigenvalue weighted by molar-refractivity contribution is 5.98. The molecule has 4 heteroatoms. The summed E-state index contributed by atoms with van der Waals surface area (Å²) >= 11 is 0. The molecule has 3 aromatic heterocycles. The molecule has 2 aliphatic heterocycles. The summed E-state index contributed by atoms with van der Waals surface area (Å²) in [5.41, 5.74) is 18.1. The molecular weight excluding hydrogens is 548 g/mol. The molecule has 3 aromatic carbocycles. The molecule has 0 atom stereocenters. The number of hydrogen-bond donors (Lipinski definition) is 2. The lowest BCUT2D eigenvalue weighted by molar-refractivity contribution is 1.28. The number of rotatable bonds is 3. The van der Waals surface area contributed by atoms with Gasteiger partial charge in [0, 0.05) is 38.8 Å². The second kappa shape index (κ2) is 10.8. The topological polar surface area (TPSA) is 57.4 Å². The smallest absolute Gasteiger partial charge is 0.0737 e. The van der Waals surface area contributed by atoms with Gasteiger partial charge >= 0.3 is 0 Å². The zero-order chi connectivity index (χ0) is 30.5. The normalized spacial score (nSPS) is 12.2. The van der Waals surface area contributed by atoms with Crippen LogP contribution in [0, 0.1) is 20.8 Å². The van der Waals surface area contributed by atoms with Crippen molar-refractivity contribution in [1.82, 2.24) is 19.9 Å². The average Bonchev–Trinajstić information content (AvgIpc) is 3.86. The molecule has 0 aliphatic carbocycles. The van der Waals surface area contributed by atoms with Gasteiger partial charge in [0.25, 0.3) is 0 Å². The van der Waals surface area contributed by atoms with E-state index in [4.69, 9.17) is 9.97 Å². The molecule has 0 radical (unpaired) electrons. The fourth-order valence-electron chi connectivity index (χ4n) is 6.79. The molecular formula is C41H32N4. The molecule has 0 spiro atoms.